The molecule has 8 nitrogen and oxygen atoms in total. The molecule has 2 N–H and O–H groups in total. The number of alkyl halides is 3. The highest BCUT2D eigenvalue weighted by Gasteiger charge is 2.35. The summed E-state index contributed by atoms with van der Waals surface area (Å²) in [6, 6.07) is 3.38. The Balaban J connectivity index is 1.64. The van der Waals surface area contributed by atoms with E-state index in [9.17, 15) is 27.6 Å². The van der Waals surface area contributed by atoms with E-state index in [-0.39, 0.29) is 35.1 Å². The molecule has 0 atom stereocenters. The van der Waals surface area contributed by atoms with Gasteiger partial charge in [-0.2, -0.15) is 18.3 Å². The van der Waals surface area contributed by atoms with Crippen LogP contribution in [0.15, 0.2) is 29.2 Å². The largest absolute Gasteiger partial charge is 0.416 e. The number of nitrogens with one attached hydrogen (secondary N) is 2. The molecule has 1 aliphatic rings. The molecule has 204 valence electrons. The SMILES string of the molecule is Cc1cc(C)c(CNC(=O)c2cc(C(F)(F)F)cc3c2cnn3C2CCN(C(=O)C(C)(C)C)CC2)c(=O)[nH]1. The number of benzene rings is 1. The number of amides is 2. The molecule has 38 heavy (non-hydrogen) atoms. The van der Waals surface area contributed by atoms with E-state index in [0.29, 0.717) is 48.1 Å². The molecule has 0 bridgehead atoms. The molecule has 3 heterocycles. The molecule has 0 unspecified atom stereocenters. The number of halogens is 3. The van der Waals surface area contributed by atoms with Crippen LogP contribution in [0.5, 0.6) is 0 Å². The second-order valence-electron chi connectivity index (χ2n) is 10.9. The molecule has 2 amide bonds. The van der Waals surface area contributed by atoms with Gasteiger partial charge in [-0.25, -0.2) is 0 Å². The van der Waals surface area contributed by atoms with Gasteiger partial charge in [-0.05, 0) is 50.5 Å². The van der Waals surface area contributed by atoms with Crippen LogP contribution in [0.25, 0.3) is 10.9 Å². The summed E-state index contributed by atoms with van der Waals surface area (Å²) in [6.45, 7) is 9.83. The Hall–Kier alpha value is -3.63. The van der Waals surface area contributed by atoms with Gasteiger partial charge in [0.15, 0.2) is 0 Å². The molecule has 1 aromatic carbocycles. The number of carbonyl (C=O) groups excluding carboxylic acids is 2. The van der Waals surface area contributed by atoms with E-state index in [1.807, 2.05) is 20.8 Å². The van der Waals surface area contributed by atoms with Crippen molar-refractivity contribution >= 4 is 22.7 Å². The van der Waals surface area contributed by atoms with Crippen molar-refractivity contribution in [2.45, 2.75) is 66.2 Å². The highest BCUT2D eigenvalue weighted by atomic mass is 19.4. The average Bonchev–Trinajstić information content (AvgIpc) is 3.25. The standard InChI is InChI=1S/C27H32F3N5O3/c1-15-10-16(2)33-24(37)20(15)13-31-23(36)19-11-17(27(28,29)30)12-22-21(19)14-32-35(22)18-6-8-34(9-7-18)25(38)26(3,4)5/h10-12,14,18H,6-9,13H2,1-5H3,(H,31,36)(H,33,37). The number of aromatic amines is 1. The van der Waals surface area contributed by atoms with Gasteiger partial charge < -0.3 is 15.2 Å². The summed E-state index contributed by atoms with van der Waals surface area (Å²) in [5.74, 6) is -0.701. The summed E-state index contributed by atoms with van der Waals surface area (Å²) in [4.78, 5) is 42.5. The van der Waals surface area contributed by atoms with Crippen molar-refractivity contribution in [1.29, 1.82) is 0 Å². The van der Waals surface area contributed by atoms with Crippen LogP contribution in [0.3, 0.4) is 0 Å². The van der Waals surface area contributed by atoms with E-state index in [4.69, 9.17) is 0 Å². The maximum atomic E-state index is 13.8. The molecular weight excluding hydrogens is 499 g/mol. The molecule has 11 heteroatoms. The third kappa shape index (κ3) is 5.46. The first-order valence-corrected chi connectivity index (χ1v) is 12.5. The topological polar surface area (TPSA) is 100 Å². The van der Waals surface area contributed by atoms with E-state index in [2.05, 4.69) is 15.4 Å². The summed E-state index contributed by atoms with van der Waals surface area (Å²) < 4.78 is 43.0. The van der Waals surface area contributed by atoms with Gasteiger partial charge in [0.05, 0.1) is 28.9 Å². The summed E-state index contributed by atoms with van der Waals surface area (Å²) in [7, 11) is 0. The van der Waals surface area contributed by atoms with E-state index in [1.54, 1.807) is 24.8 Å². The Bertz CT molecular complexity index is 1440. The zero-order valence-corrected chi connectivity index (χ0v) is 22.1. The van der Waals surface area contributed by atoms with Crippen LogP contribution in [-0.2, 0) is 17.5 Å². The minimum absolute atomic E-state index is 0.0299. The summed E-state index contributed by atoms with van der Waals surface area (Å²) >= 11 is 0. The Morgan fingerprint density at radius 1 is 1.11 bits per heavy atom. The molecule has 0 radical (unpaired) electrons. The fourth-order valence-electron chi connectivity index (χ4n) is 4.94. The Morgan fingerprint density at radius 2 is 1.76 bits per heavy atom. The predicted octanol–water partition coefficient (Wildman–Crippen LogP) is 4.50. The highest BCUT2D eigenvalue weighted by Crippen LogP contribution is 2.35. The minimum atomic E-state index is -4.68. The fourth-order valence-corrected chi connectivity index (χ4v) is 4.94. The van der Waals surface area contributed by atoms with E-state index < -0.39 is 23.1 Å². The Morgan fingerprint density at radius 3 is 2.34 bits per heavy atom. The average molecular weight is 532 g/mol. The third-order valence-electron chi connectivity index (χ3n) is 6.95. The number of aromatic nitrogens is 3. The lowest BCUT2D eigenvalue weighted by molar-refractivity contribution is -0.141. The quantitative estimate of drug-likeness (QED) is 0.518. The lowest BCUT2D eigenvalue weighted by Crippen LogP contribution is -2.44. The Kier molecular flexibility index (Phi) is 7.15. The summed E-state index contributed by atoms with van der Waals surface area (Å²) in [6.07, 6.45) is -2.20. The number of likely N-dealkylation sites (tertiary alicyclic amines) is 1. The van der Waals surface area contributed by atoms with Crippen LogP contribution < -0.4 is 10.9 Å². The van der Waals surface area contributed by atoms with Crippen molar-refractivity contribution in [3.63, 3.8) is 0 Å². The zero-order chi connectivity index (χ0) is 28.0. The number of piperidine rings is 1. The van der Waals surface area contributed by atoms with Gasteiger partial charge in [0.2, 0.25) is 5.91 Å². The minimum Gasteiger partial charge on any atom is -0.348 e. The second kappa shape index (κ2) is 9.92. The van der Waals surface area contributed by atoms with Crippen molar-refractivity contribution in [3.8, 4) is 0 Å². The fraction of sp³-hybridized carbons (Fsp3) is 0.481. The number of pyridine rings is 1. The van der Waals surface area contributed by atoms with Crippen molar-refractivity contribution < 1.29 is 22.8 Å². The highest BCUT2D eigenvalue weighted by molar-refractivity contribution is 6.06. The molecule has 4 rings (SSSR count). The van der Waals surface area contributed by atoms with Crippen molar-refractivity contribution in [1.82, 2.24) is 25.0 Å². The summed E-state index contributed by atoms with van der Waals surface area (Å²) in [5, 5.41) is 7.26. The number of aryl methyl sites for hydroxylation is 2. The molecule has 0 saturated carbocycles. The lowest BCUT2D eigenvalue weighted by Gasteiger charge is -2.36. The third-order valence-corrected chi connectivity index (χ3v) is 6.95. The summed E-state index contributed by atoms with van der Waals surface area (Å²) in [5.41, 5.74) is -0.121. The van der Waals surface area contributed by atoms with Crippen molar-refractivity contribution in [3.05, 3.63) is 62.7 Å². The van der Waals surface area contributed by atoms with Gasteiger partial charge in [0.1, 0.15) is 0 Å². The first kappa shape index (κ1) is 27.4. The van der Waals surface area contributed by atoms with E-state index >= 15 is 0 Å². The van der Waals surface area contributed by atoms with Gasteiger partial charge in [-0.1, -0.05) is 20.8 Å². The van der Waals surface area contributed by atoms with Crippen LogP contribution in [0.4, 0.5) is 13.2 Å². The van der Waals surface area contributed by atoms with E-state index in [1.165, 1.54) is 10.9 Å². The van der Waals surface area contributed by atoms with Gasteiger partial charge in [0, 0.05) is 41.7 Å². The molecule has 1 fully saturated rings. The number of carbonyl (C=O) groups is 2. The van der Waals surface area contributed by atoms with Crippen LogP contribution in [0, 0.1) is 19.3 Å². The number of hydrogen-bond acceptors (Lipinski definition) is 4. The van der Waals surface area contributed by atoms with Crippen LogP contribution in [0.1, 0.15) is 72.4 Å². The first-order chi connectivity index (χ1) is 17.7. The van der Waals surface area contributed by atoms with E-state index in [0.717, 1.165) is 12.1 Å². The molecule has 1 aliphatic heterocycles. The molecule has 0 aliphatic carbocycles. The van der Waals surface area contributed by atoms with Crippen molar-refractivity contribution in [2.75, 3.05) is 13.1 Å². The maximum Gasteiger partial charge on any atom is 0.416 e. The van der Waals surface area contributed by atoms with Gasteiger partial charge in [-0.15, -0.1) is 0 Å². The zero-order valence-electron chi connectivity index (χ0n) is 22.1. The van der Waals surface area contributed by atoms with Gasteiger partial charge >= 0.3 is 6.18 Å². The number of H-pyrrole nitrogens is 1. The van der Waals surface area contributed by atoms with Gasteiger partial charge in [0.25, 0.3) is 11.5 Å². The van der Waals surface area contributed by atoms with Crippen LogP contribution in [-0.4, -0.2) is 44.6 Å². The number of rotatable bonds is 4. The smallest absolute Gasteiger partial charge is 0.348 e. The molecule has 3 aromatic rings. The van der Waals surface area contributed by atoms with Crippen LogP contribution >= 0.6 is 0 Å². The van der Waals surface area contributed by atoms with Crippen molar-refractivity contribution in [2.24, 2.45) is 5.41 Å². The first-order valence-electron chi connectivity index (χ1n) is 12.5. The predicted molar refractivity (Wildman–Crippen MR) is 137 cm³/mol. The molecule has 1 saturated heterocycles. The monoisotopic (exact) mass is 531 g/mol. The number of fused-ring (bicyclic) bond motifs is 1. The Labute approximate surface area is 218 Å². The molecule has 2 aromatic heterocycles. The number of hydrogen-bond donors (Lipinski definition) is 2. The second-order valence-corrected chi connectivity index (χ2v) is 10.9. The normalized spacial score (nSPS) is 15.2. The van der Waals surface area contributed by atoms with Gasteiger partial charge in [-0.3, -0.25) is 19.1 Å². The molecular formula is C27H32F3N5O3. The number of nitrogens with zero attached hydrogens (tertiary/aromatic N) is 3. The lowest BCUT2D eigenvalue weighted by atomic mass is 9.93. The molecule has 0 spiro atoms. The maximum absolute atomic E-state index is 13.8. The van der Waals surface area contributed by atoms with Crippen LogP contribution in [0.2, 0.25) is 0 Å².